The molecule has 2 amide bonds. The summed E-state index contributed by atoms with van der Waals surface area (Å²) in [5, 5.41) is 5.43. The van der Waals surface area contributed by atoms with E-state index in [1.807, 2.05) is 24.3 Å². The number of carbonyl (C=O) groups excluding carboxylic acids is 2. The van der Waals surface area contributed by atoms with Crippen molar-refractivity contribution in [1.29, 1.82) is 0 Å². The van der Waals surface area contributed by atoms with Crippen molar-refractivity contribution in [3.63, 3.8) is 0 Å². The summed E-state index contributed by atoms with van der Waals surface area (Å²) >= 11 is 0. The molecule has 0 radical (unpaired) electrons. The molecule has 24 heavy (non-hydrogen) atoms. The van der Waals surface area contributed by atoms with Crippen molar-refractivity contribution in [2.75, 3.05) is 17.2 Å². The first kappa shape index (κ1) is 17.5. The number of ether oxygens (including phenoxy) is 1. The Morgan fingerprint density at radius 1 is 1.00 bits per heavy atom. The Morgan fingerprint density at radius 2 is 1.71 bits per heavy atom. The minimum Gasteiger partial charge on any atom is -0.450 e. The third-order valence-corrected chi connectivity index (χ3v) is 3.48. The van der Waals surface area contributed by atoms with E-state index in [1.54, 1.807) is 31.2 Å². The maximum absolute atomic E-state index is 12.3. The Bertz CT molecular complexity index is 709. The number of nitrogens with one attached hydrogen (secondary N) is 2. The molecule has 2 aromatic rings. The fraction of sp³-hybridized carbons (Fsp3) is 0.263. The van der Waals surface area contributed by atoms with E-state index in [2.05, 4.69) is 24.5 Å². The number of anilines is 2. The van der Waals surface area contributed by atoms with Gasteiger partial charge < -0.3 is 10.1 Å². The zero-order valence-electron chi connectivity index (χ0n) is 14.1. The third kappa shape index (κ3) is 4.84. The summed E-state index contributed by atoms with van der Waals surface area (Å²) in [7, 11) is 0. The van der Waals surface area contributed by atoms with E-state index in [-0.39, 0.29) is 5.91 Å². The highest BCUT2D eigenvalue weighted by atomic mass is 16.5. The monoisotopic (exact) mass is 326 g/mol. The van der Waals surface area contributed by atoms with Crippen LogP contribution in [0.3, 0.4) is 0 Å². The van der Waals surface area contributed by atoms with Crippen LogP contribution in [0.1, 0.15) is 42.6 Å². The van der Waals surface area contributed by atoms with Crippen molar-refractivity contribution < 1.29 is 14.3 Å². The zero-order chi connectivity index (χ0) is 17.5. The molecule has 0 heterocycles. The van der Waals surface area contributed by atoms with Gasteiger partial charge in [0.1, 0.15) is 0 Å². The minimum atomic E-state index is -0.542. The lowest BCUT2D eigenvalue weighted by atomic mass is 10.0. The molecule has 0 fully saturated rings. The Labute approximate surface area is 142 Å². The molecule has 0 atom stereocenters. The van der Waals surface area contributed by atoms with Crippen molar-refractivity contribution >= 4 is 23.4 Å². The lowest BCUT2D eigenvalue weighted by Crippen LogP contribution is -2.15. The molecule has 0 aliphatic heterocycles. The second-order valence-electron chi connectivity index (χ2n) is 5.66. The molecular formula is C19H22N2O3. The van der Waals surface area contributed by atoms with E-state index in [0.717, 1.165) is 5.69 Å². The lowest BCUT2D eigenvalue weighted by Gasteiger charge is -2.10. The first-order valence-corrected chi connectivity index (χ1v) is 7.94. The highest BCUT2D eigenvalue weighted by molar-refractivity contribution is 6.05. The molecule has 5 nitrogen and oxygen atoms in total. The summed E-state index contributed by atoms with van der Waals surface area (Å²) in [6.45, 7) is 6.26. The predicted molar refractivity (Wildman–Crippen MR) is 95.6 cm³/mol. The fourth-order valence-electron chi connectivity index (χ4n) is 2.18. The van der Waals surface area contributed by atoms with Gasteiger partial charge in [0.15, 0.2) is 0 Å². The van der Waals surface area contributed by atoms with Crippen LogP contribution in [-0.2, 0) is 4.74 Å². The maximum atomic E-state index is 12.3. The van der Waals surface area contributed by atoms with Crippen LogP contribution in [0.4, 0.5) is 16.2 Å². The van der Waals surface area contributed by atoms with Crippen LogP contribution in [0.2, 0.25) is 0 Å². The molecule has 5 heteroatoms. The number of hydrogen-bond acceptors (Lipinski definition) is 3. The molecule has 2 aromatic carbocycles. The van der Waals surface area contributed by atoms with Crippen LogP contribution in [-0.4, -0.2) is 18.6 Å². The predicted octanol–water partition coefficient (Wildman–Crippen LogP) is 4.63. The molecule has 0 aliphatic carbocycles. The molecule has 126 valence electrons. The molecular weight excluding hydrogens is 304 g/mol. The van der Waals surface area contributed by atoms with E-state index >= 15 is 0 Å². The number of amides is 2. The second-order valence-corrected chi connectivity index (χ2v) is 5.66. The minimum absolute atomic E-state index is 0.236. The summed E-state index contributed by atoms with van der Waals surface area (Å²) in [6, 6.07) is 14.5. The van der Waals surface area contributed by atoms with Gasteiger partial charge in [-0.3, -0.25) is 10.1 Å². The van der Waals surface area contributed by atoms with Gasteiger partial charge >= 0.3 is 6.09 Å². The smallest absolute Gasteiger partial charge is 0.411 e. The van der Waals surface area contributed by atoms with Crippen LogP contribution >= 0.6 is 0 Å². The van der Waals surface area contributed by atoms with Crippen LogP contribution in [0.25, 0.3) is 0 Å². The fourth-order valence-corrected chi connectivity index (χ4v) is 2.18. The largest absolute Gasteiger partial charge is 0.450 e. The summed E-state index contributed by atoms with van der Waals surface area (Å²) < 4.78 is 4.82. The summed E-state index contributed by atoms with van der Waals surface area (Å²) in [5.74, 6) is 0.209. The molecule has 0 aliphatic rings. The zero-order valence-corrected chi connectivity index (χ0v) is 14.1. The molecule has 0 unspecified atom stereocenters. The van der Waals surface area contributed by atoms with Crippen molar-refractivity contribution in [3.8, 4) is 0 Å². The van der Waals surface area contributed by atoms with Gasteiger partial charge in [0.25, 0.3) is 5.91 Å². The Hall–Kier alpha value is -2.82. The van der Waals surface area contributed by atoms with Gasteiger partial charge in [-0.15, -0.1) is 0 Å². The molecule has 0 saturated heterocycles. The number of rotatable bonds is 5. The molecule has 2 rings (SSSR count). The maximum Gasteiger partial charge on any atom is 0.411 e. The average Bonchev–Trinajstić information content (AvgIpc) is 2.55. The van der Waals surface area contributed by atoms with E-state index in [4.69, 9.17) is 4.74 Å². The van der Waals surface area contributed by atoms with Crippen LogP contribution in [0, 0.1) is 0 Å². The SMILES string of the molecule is CCOC(=O)Nc1cccc(C(=O)Nc2ccc(C(C)C)cc2)c1. The second kappa shape index (κ2) is 8.15. The van der Waals surface area contributed by atoms with Crippen molar-refractivity contribution in [3.05, 3.63) is 59.7 Å². The van der Waals surface area contributed by atoms with Crippen LogP contribution < -0.4 is 10.6 Å². The normalized spacial score (nSPS) is 10.3. The van der Waals surface area contributed by atoms with Gasteiger partial charge in [0.05, 0.1) is 6.61 Å². The molecule has 0 bridgehead atoms. The van der Waals surface area contributed by atoms with Crippen molar-refractivity contribution in [1.82, 2.24) is 0 Å². The van der Waals surface area contributed by atoms with Crippen molar-refractivity contribution in [2.24, 2.45) is 0 Å². The van der Waals surface area contributed by atoms with E-state index in [1.165, 1.54) is 5.56 Å². The molecule has 2 N–H and O–H groups in total. The van der Waals surface area contributed by atoms with Gasteiger partial charge in [-0.2, -0.15) is 0 Å². The Morgan fingerprint density at radius 3 is 2.33 bits per heavy atom. The Balaban J connectivity index is 2.05. The summed E-state index contributed by atoms with van der Waals surface area (Å²) in [4.78, 5) is 23.8. The summed E-state index contributed by atoms with van der Waals surface area (Å²) in [6.07, 6.45) is -0.542. The average molecular weight is 326 g/mol. The van der Waals surface area contributed by atoms with Crippen molar-refractivity contribution in [2.45, 2.75) is 26.7 Å². The van der Waals surface area contributed by atoms with Gasteiger partial charge in [0.2, 0.25) is 0 Å². The third-order valence-electron chi connectivity index (χ3n) is 3.48. The van der Waals surface area contributed by atoms with E-state index in [9.17, 15) is 9.59 Å². The van der Waals surface area contributed by atoms with Gasteiger partial charge in [-0.05, 0) is 48.7 Å². The van der Waals surface area contributed by atoms with Gasteiger partial charge in [0, 0.05) is 16.9 Å². The lowest BCUT2D eigenvalue weighted by molar-refractivity contribution is 0.102. The first-order chi connectivity index (χ1) is 11.5. The number of hydrogen-bond donors (Lipinski definition) is 2. The quantitative estimate of drug-likeness (QED) is 0.841. The topological polar surface area (TPSA) is 67.4 Å². The van der Waals surface area contributed by atoms with Crippen LogP contribution in [0.5, 0.6) is 0 Å². The van der Waals surface area contributed by atoms with E-state index in [0.29, 0.717) is 23.8 Å². The van der Waals surface area contributed by atoms with Gasteiger partial charge in [-0.25, -0.2) is 4.79 Å². The van der Waals surface area contributed by atoms with Crippen LogP contribution in [0.15, 0.2) is 48.5 Å². The summed E-state index contributed by atoms with van der Waals surface area (Å²) in [5.41, 5.74) is 2.91. The first-order valence-electron chi connectivity index (χ1n) is 7.94. The molecule has 0 aromatic heterocycles. The number of carbonyl (C=O) groups is 2. The standard InChI is InChI=1S/C19H22N2O3/c1-4-24-19(23)21-17-7-5-6-15(12-17)18(22)20-16-10-8-14(9-11-16)13(2)3/h5-13H,4H2,1-3H3,(H,20,22)(H,21,23). The van der Waals surface area contributed by atoms with E-state index < -0.39 is 6.09 Å². The Kier molecular flexibility index (Phi) is 5.95. The molecule has 0 spiro atoms. The van der Waals surface area contributed by atoms with Gasteiger partial charge in [-0.1, -0.05) is 32.0 Å². The highest BCUT2D eigenvalue weighted by Crippen LogP contribution is 2.18. The molecule has 0 saturated carbocycles. The highest BCUT2D eigenvalue weighted by Gasteiger charge is 2.09. The number of benzene rings is 2.